The van der Waals surface area contributed by atoms with Gasteiger partial charge in [-0.2, -0.15) is 5.26 Å². The number of benzene rings is 1. The maximum atomic E-state index is 9.55. The lowest BCUT2D eigenvalue weighted by Crippen LogP contribution is -1.98. The van der Waals surface area contributed by atoms with Crippen LogP contribution in [-0.4, -0.2) is 9.97 Å². The molecule has 2 aromatic heterocycles. The topological polar surface area (TPSA) is 55.4 Å². The number of aromatic amines is 2. The Morgan fingerprint density at radius 2 is 2.05 bits per heavy atom. The van der Waals surface area contributed by atoms with Crippen LogP contribution in [0.2, 0.25) is 0 Å². The highest BCUT2D eigenvalue weighted by molar-refractivity contribution is 7.71. The Hall–Kier alpha value is -2.38. The molecule has 1 aliphatic carbocycles. The van der Waals surface area contributed by atoms with Crippen molar-refractivity contribution in [2.24, 2.45) is 0 Å². The molecular weight excluding hydrogens is 278 g/mol. The summed E-state index contributed by atoms with van der Waals surface area (Å²) in [4.78, 5) is 6.53. The lowest BCUT2D eigenvalue weighted by Gasteiger charge is -2.10. The second-order valence-corrected chi connectivity index (χ2v) is 5.78. The minimum absolute atomic E-state index is 0.554. The number of aromatic nitrogens is 2. The Morgan fingerprint density at radius 1 is 1.19 bits per heavy atom. The first kappa shape index (κ1) is 12.4. The molecule has 4 heteroatoms. The first-order valence-corrected chi connectivity index (χ1v) is 7.45. The van der Waals surface area contributed by atoms with E-state index in [1.807, 2.05) is 18.3 Å². The van der Waals surface area contributed by atoms with E-state index in [0.29, 0.717) is 10.2 Å². The number of H-pyrrole nitrogens is 2. The molecular formula is C17H13N3S. The maximum Gasteiger partial charge on any atom is 0.122 e. The molecule has 0 saturated heterocycles. The number of hydrogen-bond donors (Lipinski definition) is 2. The molecule has 102 valence electrons. The standard InChI is InChI=1S/C17H13N3S/c18-8-12-16(11-5-3-7-15(11)20-17(12)21)13-9-19-14-6-2-1-4-10(13)14/h1-2,4,6,9,19H,3,5,7H2,(H,20,21). The van der Waals surface area contributed by atoms with Gasteiger partial charge in [-0.3, -0.25) is 0 Å². The Bertz CT molecular complexity index is 956. The Labute approximate surface area is 127 Å². The fraction of sp³-hybridized carbons (Fsp3) is 0.176. The molecule has 3 aromatic rings. The summed E-state index contributed by atoms with van der Waals surface area (Å²) in [5, 5.41) is 10.7. The minimum atomic E-state index is 0.554. The molecule has 1 aliphatic rings. The number of fused-ring (bicyclic) bond motifs is 2. The normalized spacial score (nSPS) is 13.3. The van der Waals surface area contributed by atoms with Gasteiger partial charge in [0.15, 0.2) is 0 Å². The highest BCUT2D eigenvalue weighted by Gasteiger charge is 2.22. The number of rotatable bonds is 1. The predicted molar refractivity (Wildman–Crippen MR) is 85.7 cm³/mol. The van der Waals surface area contributed by atoms with Gasteiger partial charge in [-0.05, 0) is 30.9 Å². The van der Waals surface area contributed by atoms with E-state index in [-0.39, 0.29) is 0 Å². The highest BCUT2D eigenvalue weighted by atomic mass is 32.1. The monoisotopic (exact) mass is 291 g/mol. The number of para-hydroxylation sites is 1. The average molecular weight is 291 g/mol. The zero-order valence-corrected chi connectivity index (χ0v) is 12.2. The van der Waals surface area contributed by atoms with Crippen LogP contribution in [0.25, 0.3) is 22.0 Å². The molecule has 2 heterocycles. The van der Waals surface area contributed by atoms with Gasteiger partial charge >= 0.3 is 0 Å². The third kappa shape index (κ3) is 1.75. The van der Waals surface area contributed by atoms with Gasteiger partial charge in [0.2, 0.25) is 0 Å². The molecule has 2 N–H and O–H groups in total. The summed E-state index contributed by atoms with van der Waals surface area (Å²) in [7, 11) is 0. The van der Waals surface area contributed by atoms with Crippen molar-refractivity contribution in [1.29, 1.82) is 5.26 Å². The lowest BCUT2D eigenvalue weighted by molar-refractivity contribution is 0.899. The van der Waals surface area contributed by atoms with E-state index >= 15 is 0 Å². The first-order chi connectivity index (χ1) is 10.3. The van der Waals surface area contributed by atoms with E-state index in [0.717, 1.165) is 41.3 Å². The van der Waals surface area contributed by atoms with Gasteiger partial charge in [-0.15, -0.1) is 0 Å². The van der Waals surface area contributed by atoms with Gasteiger partial charge in [0, 0.05) is 33.9 Å². The van der Waals surface area contributed by atoms with E-state index in [4.69, 9.17) is 12.2 Å². The third-order valence-corrected chi connectivity index (χ3v) is 4.54. The van der Waals surface area contributed by atoms with Crippen molar-refractivity contribution in [3.8, 4) is 17.2 Å². The molecule has 0 amide bonds. The van der Waals surface area contributed by atoms with Crippen molar-refractivity contribution >= 4 is 23.1 Å². The van der Waals surface area contributed by atoms with Crippen LogP contribution in [-0.2, 0) is 12.8 Å². The Kier molecular flexibility index (Phi) is 2.69. The average Bonchev–Trinajstić information content (AvgIpc) is 3.12. The van der Waals surface area contributed by atoms with Crippen molar-refractivity contribution in [3.63, 3.8) is 0 Å². The minimum Gasteiger partial charge on any atom is -0.361 e. The van der Waals surface area contributed by atoms with E-state index in [2.05, 4.69) is 28.2 Å². The smallest absolute Gasteiger partial charge is 0.122 e. The van der Waals surface area contributed by atoms with Gasteiger partial charge in [-0.25, -0.2) is 0 Å². The number of nitrogens with one attached hydrogen (secondary N) is 2. The van der Waals surface area contributed by atoms with Gasteiger partial charge < -0.3 is 9.97 Å². The number of aryl methyl sites for hydroxylation is 1. The zero-order valence-electron chi connectivity index (χ0n) is 11.4. The largest absolute Gasteiger partial charge is 0.361 e. The first-order valence-electron chi connectivity index (χ1n) is 7.04. The molecule has 21 heavy (non-hydrogen) atoms. The van der Waals surface area contributed by atoms with E-state index < -0.39 is 0 Å². The molecule has 4 rings (SSSR count). The number of nitrogens with zero attached hydrogens (tertiary/aromatic N) is 1. The van der Waals surface area contributed by atoms with Crippen molar-refractivity contribution < 1.29 is 0 Å². The molecule has 0 saturated carbocycles. The van der Waals surface area contributed by atoms with E-state index in [1.54, 1.807) is 0 Å². The molecule has 0 bridgehead atoms. The fourth-order valence-corrected chi connectivity index (χ4v) is 3.57. The SMILES string of the molecule is N#Cc1c(-c2c[nH]c3ccccc23)c2c([nH]c1=S)CCC2. The van der Waals surface area contributed by atoms with Crippen molar-refractivity contribution in [2.45, 2.75) is 19.3 Å². The lowest BCUT2D eigenvalue weighted by atomic mass is 9.95. The summed E-state index contributed by atoms with van der Waals surface area (Å²) in [6.07, 6.45) is 5.13. The van der Waals surface area contributed by atoms with Crippen LogP contribution in [0.4, 0.5) is 0 Å². The highest BCUT2D eigenvalue weighted by Crippen LogP contribution is 2.37. The Morgan fingerprint density at radius 3 is 2.90 bits per heavy atom. The van der Waals surface area contributed by atoms with Gasteiger partial charge in [0.1, 0.15) is 10.7 Å². The van der Waals surface area contributed by atoms with Crippen LogP contribution in [0.5, 0.6) is 0 Å². The number of pyridine rings is 1. The van der Waals surface area contributed by atoms with Crippen molar-refractivity contribution in [1.82, 2.24) is 9.97 Å². The summed E-state index contributed by atoms with van der Waals surface area (Å²) >= 11 is 5.39. The second-order valence-electron chi connectivity index (χ2n) is 5.37. The molecule has 0 fully saturated rings. The van der Waals surface area contributed by atoms with E-state index in [9.17, 15) is 5.26 Å². The van der Waals surface area contributed by atoms with Crippen LogP contribution < -0.4 is 0 Å². The van der Waals surface area contributed by atoms with Crippen LogP contribution in [0.15, 0.2) is 30.5 Å². The molecule has 0 unspecified atom stereocenters. The summed E-state index contributed by atoms with van der Waals surface area (Å²) in [5.41, 5.74) is 6.23. The summed E-state index contributed by atoms with van der Waals surface area (Å²) in [5.74, 6) is 0. The fourth-order valence-electron chi connectivity index (χ4n) is 3.30. The van der Waals surface area contributed by atoms with Crippen LogP contribution >= 0.6 is 12.2 Å². The molecule has 1 aromatic carbocycles. The molecule has 0 aliphatic heterocycles. The van der Waals surface area contributed by atoms with E-state index in [1.165, 1.54) is 11.3 Å². The second kappa shape index (κ2) is 4.57. The zero-order chi connectivity index (χ0) is 14.4. The van der Waals surface area contributed by atoms with Gasteiger partial charge in [-0.1, -0.05) is 30.4 Å². The van der Waals surface area contributed by atoms with Crippen LogP contribution in [0, 0.1) is 16.0 Å². The summed E-state index contributed by atoms with van der Waals surface area (Å²) < 4.78 is 0.554. The van der Waals surface area contributed by atoms with Gasteiger partial charge in [0.25, 0.3) is 0 Å². The van der Waals surface area contributed by atoms with Crippen molar-refractivity contribution in [2.75, 3.05) is 0 Å². The molecule has 3 nitrogen and oxygen atoms in total. The van der Waals surface area contributed by atoms with Crippen LogP contribution in [0.1, 0.15) is 23.2 Å². The Balaban J connectivity index is 2.14. The molecule has 0 radical (unpaired) electrons. The summed E-state index contributed by atoms with van der Waals surface area (Å²) in [6.45, 7) is 0. The third-order valence-electron chi connectivity index (χ3n) is 4.23. The number of nitriles is 1. The van der Waals surface area contributed by atoms with Gasteiger partial charge in [0.05, 0.1) is 5.56 Å². The number of hydrogen-bond acceptors (Lipinski definition) is 2. The predicted octanol–water partition coefficient (Wildman–Crippen LogP) is 4.25. The molecule has 0 spiro atoms. The molecule has 0 atom stereocenters. The summed E-state index contributed by atoms with van der Waals surface area (Å²) in [6, 6.07) is 10.5. The van der Waals surface area contributed by atoms with Crippen molar-refractivity contribution in [3.05, 3.63) is 51.9 Å². The van der Waals surface area contributed by atoms with Crippen LogP contribution in [0.3, 0.4) is 0 Å². The quantitative estimate of drug-likeness (QED) is 0.658. The maximum absolute atomic E-state index is 9.55.